The van der Waals surface area contributed by atoms with Crippen LogP contribution in [0.3, 0.4) is 0 Å². The van der Waals surface area contributed by atoms with Crippen LogP contribution in [0.2, 0.25) is 0 Å². The van der Waals surface area contributed by atoms with Gasteiger partial charge in [0, 0.05) is 30.6 Å². The van der Waals surface area contributed by atoms with Crippen molar-refractivity contribution < 1.29 is 4.79 Å². The second-order valence-electron chi connectivity index (χ2n) is 7.94. The predicted octanol–water partition coefficient (Wildman–Crippen LogP) is 2.90. The lowest BCUT2D eigenvalue weighted by Crippen LogP contribution is -2.46. The van der Waals surface area contributed by atoms with Gasteiger partial charge in [-0.3, -0.25) is 9.69 Å². The van der Waals surface area contributed by atoms with E-state index in [1.54, 1.807) is 0 Å². The third kappa shape index (κ3) is 3.31. The first-order valence-corrected chi connectivity index (χ1v) is 7.76. The van der Waals surface area contributed by atoms with Gasteiger partial charge in [-0.15, -0.1) is 0 Å². The molecule has 3 heteroatoms. The molecule has 2 saturated heterocycles. The molecule has 2 fully saturated rings. The van der Waals surface area contributed by atoms with E-state index < -0.39 is 0 Å². The number of hydrogen-bond donors (Lipinski definition) is 0. The lowest BCUT2D eigenvalue weighted by Gasteiger charge is -2.38. The number of carbonyl (C=O) groups excluding carboxylic acids is 1. The van der Waals surface area contributed by atoms with Gasteiger partial charge in [0.1, 0.15) is 0 Å². The summed E-state index contributed by atoms with van der Waals surface area (Å²) in [7, 11) is 0. The van der Waals surface area contributed by atoms with Crippen LogP contribution in [0.4, 0.5) is 0 Å². The highest BCUT2D eigenvalue weighted by Gasteiger charge is 2.38. The lowest BCUT2D eigenvalue weighted by molar-refractivity contribution is -0.132. The molecule has 1 amide bonds. The minimum atomic E-state index is 0.0339. The first-order chi connectivity index (χ1) is 8.70. The molecule has 0 spiro atoms. The second-order valence-corrected chi connectivity index (χ2v) is 7.94. The number of rotatable bonds is 3. The monoisotopic (exact) mass is 266 g/mol. The summed E-state index contributed by atoms with van der Waals surface area (Å²) in [5.41, 5.74) is 0.314. The number of hydrogen-bond acceptors (Lipinski definition) is 2. The molecule has 0 radical (unpaired) electrons. The van der Waals surface area contributed by atoms with Crippen LogP contribution < -0.4 is 0 Å². The van der Waals surface area contributed by atoms with E-state index in [9.17, 15) is 4.79 Å². The van der Waals surface area contributed by atoms with Crippen molar-refractivity contribution in [1.82, 2.24) is 9.80 Å². The van der Waals surface area contributed by atoms with Gasteiger partial charge in [0.25, 0.3) is 0 Å². The predicted molar refractivity (Wildman–Crippen MR) is 79.1 cm³/mol. The Morgan fingerprint density at radius 3 is 2.32 bits per heavy atom. The SMILES string of the molecule is CC(C)(C)N1CCC(CC(C)(C)N2CCCC2=O)C1. The van der Waals surface area contributed by atoms with Gasteiger partial charge in [-0.2, -0.15) is 0 Å². The second kappa shape index (κ2) is 5.08. The average molecular weight is 266 g/mol. The molecule has 2 aliphatic rings. The van der Waals surface area contributed by atoms with E-state index in [1.165, 1.54) is 19.5 Å². The van der Waals surface area contributed by atoms with Gasteiger partial charge >= 0.3 is 0 Å². The molecule has 0 aromatic carbocycles. The molecule has 2 heterocycles. The quantitative estimate of drug-likeness (QED) is 0.784. The smallest absolute Gasteiger partial charge is 0.223 e. The van der Waals surface area contributed by atoms with E-state index in [0.717, 1.165) is 31.7 Å². The molecule has 110 valence electrons. The highest BCUT2D eigenvalue weighted by Crippen LogP contribution is 2.34. The van der Waals surface area contributed by atoms with E-state index in [-0.39, 0.29) is 11.1 Å². The van der Waals surface area contributed by atoms with E-state index in [0.29, 0.717) is 5.91 Å². The Morgan fingerprint density at radius 2 is 1.84 bits per heavy atom. The standard InChI is InChI=1S/C16H30N2O/c1-15(2,3)17-10-8-13(12-17)11-16(4,5)18-9-6-7-14(18)19/h13H,6-12H2,1-5H3. The molecule has 2 rings (SSSR count). The van der Waals surface area contributed by atoms with Crippen molar-refractivity contribution in [2.75, 3.05) is 19.6 Å². The van der Waals surface area contributed by atoms with Gasteiger partial charge in [-0.1, -0.05) is 0 Å². The minimum absolute atomic E-state index is 0.0339. The Morgan fingerprint density at radius 1 is 1.16 bits per heavy atom. The van der Waals surface area contributed by atoms with E-state index in [4.69, 9.17) is 0 Å². The fraction of sp³-hybridized carbons (Fsp3) is 0.938. The Bertz CT molecular complexity index is 343. The van der Waals surface area contributed by atoms with Crippen LogP contribution in [-0.2, 0) is 4.79 Å². The Kier molecular flexibility index (Phi) is 3.97. The number of carbonyl (C=O) groups is 1. The maximum atomic E-state index is 11.9. The number of nitrogens with zero attached hydrogens (tertiary/aromatic N) is 2. The highest BCUT2D eigenvalue weighted by molar-refractivity contribution is 5.78. The maximum Gasteiger partial charge on any atom is 0.223 e. The molecular formula is C16H30N2O. The van der Waals surface area contributed by atoms with Crippen molar-refractivity contribution in [2.24, 2.45) is 5.92 Å². The molecule has 0 N–H and O–H groups in total. The highest BCUT2D eigenvalue weighted by atomic mass is 16.2. The van der Waals surface area contributed by atoms with Crippen LogP contribution in [0.15, 0.2) is 0 Å². The molecule has 2 aliphatic heterocycles. The fourth-order valence-electron chi connectivity index (χ4n) is 3.71. The first kappa shape index (κ1) is 14.8. The van der Waals surface area contributed by atoms with E-state index in [1.807, 2.05) is 0 Å². The molecule has 1 atom stereocenters. The van der Waals surface area contributed by atoms with Gasteiger partial charge in [0.15, 0.2) is 0 Å². The van der Waals surface area contributed by atoms with Crippen LogP contribution in [-0.4, -0.2) is 46.4 Å². The molecule has 3 nitrogen and oxygen atoms in total. The summed E-state index contributed by atoms with van der Waals surface area (Å²) in [6.45, 7) is 14.7. The van der Waals surface area contributed by atoms with Gasteiger partial charge < -0.3 is 4.90 Å². The van der Waals surface area contributed by atoms with Crippen LogP contribution in [0.25, 0.3) is 0 Å². The van der Waals surface area contributed by atoms with Crippen molar-refractivity contribution in [3.05, 3.63) is 0 Å². The van der Waals surface area contributed by atoms with Crippen molar-refractivity contribution >= 4 is 5.91 Å². The number of likely N-dealkylation sites (tertiary alicyclic amines) is 2. The largest absolute Gasteiger partial charge is 0.338 e. The molecule has 0 aromatic rings. The zero-order valence-corrected chi connectivity index (χ0v) is 13.3. The lowest BCUT2D eigenvalue weighted by atomic mass is 9.88. The minimum Gasteiger partial charge on any atom is -0.338 e. The average Bonchev–Trinajstić information content (AvgIpc) is 2.85. The van der Waals surface area contributed by atoms with Crippen LogP contribution >= 0.6 is 0 Å². The van der Waals surface area contributed by atoms with Gasteiger partial charge in [-0.25, -0.2) is 0 Å². The molecule has 0 bridgehead atoms. The maximum absolute atomic E-state index is 11.9. The van der Waals surface area contributed by atoms with Crippen molar-refractivity contribution in [2.45, 2.75) is 71.4 Å². The molecule has 0 aromatic heterocycles. The summed E-state index contributed by atoms with van der Waals surface area (Å²) in [4.78, 5) is 16.6. The van der Waals surface area contributed by atoms with Crippen LogP contribution in [0.5, 0.6) is 0 Å². The summed E-state index contributed by atoms with van der Waals surface area (Å²) in [5.74, 6) is 1.10. The topological polar surface area (TPSA) is 23.6 Å². The molecule has 1 unspecified atom stereocenters. The van der Waals surface area contributed by atoms with Crippen molar-refractivity contribution in [3.63, 3.8) is 0 Å². The van der Waals surface area contributed by atoms with Crippen molar-refractivity contribution in [3.8, 4) is 0 Å². The zero-order chi connectivity index (χ0) is 14.3. The Balaban J connectivity index is 1.93. The first-order valence-electron chi connectivity index (χ1n) is 7.76. The number of amides is 1. The van der Waals surface area contributed by atoms with Crippen LogP contribution in [0.1, 0.15) is 60.3 Å². The van der Waals surface area contributed by atoms with Crippen LogP contribution in [0, 0.1) is 5.92 Å². The summed E-state index contributed by atoms with van der Waals surface area (Å²) < 4.78 is 0. The van der Waals surface area contributed by atoms with E-state index >= 15 is 0 Å². The molecule has 19 heavy (non-hydrogen) atoms. The zero-order valence-electron chi connectivity index (χ0n) is 13.3. The van der Waals surface area contributed by atoms with Gasteiger partial charge in [-0.05, 0) is 66.3 Å². The Hall–Kier alpha value is -0.570. The molecular weight excluding hydrogens is 236 g/mol. The summed E-state index contributed by atoms with van der Waals surface area (Å²) in [6, 6.07) is 0. The van der Waals surface area contributed by atoms with Gasteiger partial charge in [0.05, 0.1) is 0 Å². The fourth-order valence-corrected chi connectivity index (χ4v) is 3.71. The normalized spacial score (nSPS) is 26.5. The van der Waals surface area contributed by atoms with Crippen molar-refractivity contribution in [1.29, 1.82) is 0 Å². The summed E-state index contributed by atoms with van der Waals surface area (Å²) in [5, 5.41) is 0. The summed E-state index contributed by atoms with van der Waals surface area (Å²) >= 11 is 0. The Labute approximate surface area is 118 Å². The molecule has 0 saturated carbocycles. The third-order valence-electron chi connectivity index (χ3n) is 4.83. The molecule has 0 aliphatic carbocycles. The summed E-state index contributed by atoms with van der Waals surface area (Å²) in [6.07, 6.45) is 4.22. The van der Waals surface area contributed by atoms with Gasteiger partial charge in [0.2, 0.25) is 5.91 Å². The van der Waals surface area contributed by atoms with E-state index in [2.05, 4.69) is 44.4 Å². The third-order valence-corrected chi connectivity index (χ3v) is 4.83.